The van der Waals surface area contributed by atoms with Gasteiger partial charge in [-0.25, -0.2) is 4.79 Å². The van der Waals surface area contributed by atoms with E-state index in [1.807, 2.05) is 30.3 Å². The summed E-state index contributed by atoms with van der Waals surface area (Å²) in [5, 5.41) is 11.6. The Morgan fingerprint density at radius 2 is 1.78 bits per heavy atom. The lowest BCUT2D eigenvalue weighted by Crippen LogP contribution is -2.45. The Morgan fingerprint density at radius 3 is 2.26 bits per heavy atom. The molecule has 0 spiro atoms. The van der Waals surface area contributed by atoms with Crippen LogP contribution >= 0.6 is 0 Å². The molecule has 0 saturated carbocycles. The molecule has 0 radical (unpaired) electrons. The third-order valence-electron chi connectivity index (χ3n) is 3.52. The van der Waals surface area contributed by atoms with Crippen LogP contribution in [0.2, 0.25) is 0 Å². The number of hydrogen-bond donors (Lipinski definition) is 2. The van der Waals surface area contributed by atoms with Gasteiger partial charge in [-0.1, -0.05) is 44.2 Å². The zero-order valence-electron chi connectivity index (χ0n) is 13.8. The summed E-state index contributed by atoms with van der Waals surface area (Å²) in [6.45, 7) is 5.60. The van der Waals surface area contributed by atoms with Crippen LogP contribution in [0.3, 0.4) is 0 Å². The van der Waals surface area contributed by atoms with E-state index in [0.717, 1.165) is 5.56 Å². The molecule has 126 valence electrons. The summed E-state index contributed by atoms with van der Waals surface area (Å²) >= 11 is 0. The molecular weight excluding hydrogens is 296 g/mol. The lowest BCUT2D eigenvalue weighted by atomic mass is 10.0. The fourth-order valence-electron chi connectivity index (χ4n) is 2.15. The van der Waals surface area contributed by atoms with Gasteiger partial charge in [-0.2, -0.15) is 0 Å². The van der Waals surface area contributed by atoms with Crippen molar-refractivity contribution in [3.63, 3.8) is 0 Å². The predicted octanol–water partition coefficient (Wildman–Crippen LogP) is 1.65. The Labute approximate surface area is 136 Å². The monoisotopic (exact) mass is 320 g/mol. The standard InChI is InChI=1S/C17H24N2O4/c1-12(2)16(17(22)23)18-15(21)9-10-19(13(3)20)11-14-7-5-4-6-8-14/h4-8,12,16H,9-11H2,1-3H3,(H,18,21)(H,22,23)/t16-/m1/s1. The van der Waals surface area contributed by atoms with E-state index in [4.69, 9.17) is 5.11 Å². The molecule has 0 unspecified atom stereocenters. The van der Waals surface area contributed by atoms with Gasteiger partial charge in [-0.3, -0.25) is 9.59 Å². The van der Waals surface area contributed by atoms with Crippen molar-refractivity contribution in [1.29, 1.82) is 0 Å². The number of carbonyl (C=O) groups is 3. The first-order valence-corrected chi connectivity index (χ1v) is 7.63. The molecule has 6 heteroatoms. The fraction of sp³-hybridized carbons (Fsp3) is 0.471. The van der Waals surface area contributed by atoms with Gasteiger partial charge in [0.1, 0.15) is 6.04 Å². The minimum Gasteiger partial charge on any atom is -0.480 e. The molecule has 0 aromatic heterocycles. The highest BCUT2D eigenvalue weighted by atomic mass is 16.4. The first kappa shape index (κ1) is 18.7. The molecule has 1 rings (SSSR count). The zero-order chi connectivity index (χ0) is 17.4. The summed E-state index contributed by atoms with van der Waals surface area (Å²) < 4.78 is 0. The van der Waals surface area contributed by atoms with Gasteiger partial charge in [-0.05, 0) is 11.5 Å². The molecule has 1 atom stereocenters. The molecule has 0 aliphatic carbocycles. The second kappa shape index (κ2) is 8.92. The Morgan fingerprint density at radius 1 is 1.17 bits per heavy atom. The number of carboxylic acids is 1. The van der Waals surface area contributed by atoms with Crippen LogP contribution in [-0.4, -0.2) is 40.4 Å². The van der Waals surface area contributed by atoms with Gasteiger partial charge in [0.15, 0.2) is 0 Å². The maximum atomic E-state index is 11.9. The van der Waals surface area contributed by atoms with Crippen molar-refractivity contribution >= 4 is 17.8 Å². The molecule has 0 bridgehead atoms. The quantitative estimate of drug-likeness (QED) is 0.762. The summed E-state index contributed by atoms with van der Waals surface area (Å²) in [6.07, 6.45) is 0.0723. The summed E-state index contributed by atoms with van der Waals surface area (Å²) in [5.74, 6) is -1.75. The van der Waals surface area contributed by atoms with Crippen molar-refractivity contribution in [2.45, 2.75) is 39.8 Å². The van der Waals surface area contributed by atoms with E-state index in [9.17, 15) is 14.4 Å². The minimum atomic E-state index is -1.05. The number of nitrogens with zero attached hydrogens (tertiary/aromatic N) is 1. The molecule has 2 amide bonds. The van der Waals surface area contributed by atoms with Crippen LogP contribution < -0.4 is 5.32 Å². The number of hydrogen-bond acceptors (Lipinski definition) is 3. The molecule has 0 heterocycles. The van der Waals surface area contributed by atoms with Crippen molar-refractivity contribution in [3.8, 4) is 0 Å². The number of rotatable bonds is 8. The summed E-state index contributed by atoms with van der Waals surface area (Å²) in [5.41, 5.74) is 0.980. The molecular formula is C17H24N2O4. The zero-order valence-corrected chi connectivity index (χ0v) is 13.8. The molecule has 0 fully saturated rings. The van der Waals surface area contributed by atoms with Gasteiger partial charge in [-0.15, -0.1) is 0 Å². The maximum absolute atomic E-state index is 11.9. The van der Waals surface area contributed by atoms with E-state index < -0.39 is 12.0 Å². The highest BCUT2D eigenvalue weighted by Crippen LogP contribution is 2.06. The second-order valence-electron chi connectivity index (χ2n) is 5.80. The van der Waals surface area contributed by atoms with Gasteiger partial charge in [0.2, 0.25) is 11.8 Å². The number of aliphatic carboxylic acids is 1. The molecule has 0 aliphatic heterocycles. The van der Waals surface area contributed by atoms with Crippen molar-refractivity contribution < 1.29 is 19.5 Å². The number of amides is 2. The largest absolute Gasteiger partial charge is 0.480 e. The molecule has 2 N–H and O–H groups in total. The molecule has 6 nitrogen and oxygen atoms in total. The lowest BCUT2D eigenvalue weighted by Gasteiger charge is -2.22. The van der Waals surface area contributed by atoms with Crippen molar-refractivity contribution in [1.82, 2.24) is 10.2 Å². The third-order valence-corrected chi connectivity index (χ3v) is 3.52. The first-order valence-electron chi connectivity index (χ1n) is 7.63. The van der Waals surface area contributed by atoms with Crippen LogP contribution in [0.5, 0.6) is 0 Å². The van der Waals surface area contributed by atoms with Crippen molar-refractivity contribution in [3.05, 3.63) is 35.9 Å². The Bertz CT molecular complexity index is 543. The van der Waals surface area contributed by atoms with E-state index in [2.05, 4.69) is 5.32 Å². The van der Waals surface area contributed by atoms with Gasteiger partial charge < -0.3 is 15.3 Å². The lowest BCUT2D eigenvalue weighted by molar-refractivity contribution is -0.143. The average Bonchev–Trinajstić information content (AvgIpc) is 2.49. The Balaban J connectivity index is 2.56. The topological polar surface area (TPSA) is 86.7 Å². The van der Waals surface area contributed by atoms with Crippen molar-refractivity contribution in [2.24, 2.45) is 5.92 Å². The van der Waals surface area contributed by atoms with Crippen molar-refractivity contribution in [2.75, 3.05) is 6.54 Å². The predicted molar refractivity (Wildman–Crippen MR) is 86.6 cm³/mol. The second-order valence-corrected chi connectivity index (χ2v) is 5.80. The number of nitrogens with one attached hydrogen (secondary N) is 1. The smallest absolute Gasteiger partial charge is 0.326 e. The Kier molecular flexibility index (Phi) is 7.25. The summed E-state index contributed by atoms with van der Waals surface area (Å²) in [7, 11) is 0. The van der Waals surface area contributed by atoms with Gasteiger partial charge >= 0.3 is 5.97 Å². The number of benzene rings is 1. The van der Waals surface area contributed by atoms with E-state index in [-0.39, 0.29) is 30.7 Å². The summed E-state index contributed by atoms with van der Waals surface area (Å²) in [6, 6.07) is 8.58. The number of carbonyl (C=O) groups excluding carboxylic acids is 2. The van der Waals surface area contributed by atoms with Crippen LogP contribution in [0.4, 0.5) is 0 Å². The van der Waals surface area contributed by atoms with E-state index >= 15 is 0 Å². The molecule has 0 saturated heterocycles. The normalized spacial score (nSPS) is 11.8. The number of carboxylic acid groups (broad SMARTS) is 1. The van der Waals surface area contributed by atoms with Crippen LogP contribution in [0.1, 0.15) is 32.8 Å². The SMILES string of the molecule is CC(=O)N(CCC(=O)N[C@@H](C(=O)O)C(C)C)Cc1ccccc1. The third kappa shape index (κ3) is 6.50. The first-order chi connectivity index (χ1) is 10.8. The highest BCUT2D eigenvalue weighted by molar-refractivity contribution is 5.84. The maximum Gasteiger partial charge on any atom is 0.326 e. The van der Waals surface area contributed by atoms with E-state index in [1.165, 1.54) is 6.92 Å². The van der Waals surface area contributed by atoms with Crippen LogP contribution in [-0.2, 0) is 20.9 Å². The van der Waals surface area contributed by atoms with Gasteiger partial charge in [0, 0.05) is 26.4 Å². The Hall–Kier alpha value is -2.37. The van der Waals surface area contributed by atoms with Crippen LogP contribution in [0.25, 0.3) is 0 Å². The van der Waals surface area contributed by atoms with E-state index in [0.29, 0.717) is 6.54 Å². The highest BCUT2D eigenvalue weighted by Gasteiger charge is 2.23. The van der Waals surface area contributed by atoms with E-state index in [1.54, 1.807) is 18.7 Å². The molecule has 1 aromatic carbocycles. The molecule has 0 aliphatic rings. The molecule has 1 aromatic rings. The average molecular weight is 320 g/mol. The van der Waals surface area contributed by atoms with Crippen LogP contribution in [0.15, 0.2) is 30.3 Å². The van der Waals surface area contributed by atoms with Crippen LogP contribution in [0, 0.1) is 5.92 Å². The van der Waals surface area contributed by atoms with Gasteiger partial charge in [0.25, 0.3) is 0 Å². The molecule has 23 heavy (non-hydrogen) atoms. The summed E-state index contributed by atoms with van der Waals surface area (Å²) in [4.78, 5) is 36.3. The minimum absolute atomic E-state index is 0.0723. The fourth-order valence-corrected chi connectivity index (χ4v) is 2.15. The van der Waals surface area contributed by atoms with Gasteiger partial charge in [0.05, 0.1) is 0 Å².